The van der Waals surface area contributed by atoms with E-state index in [0.29, 0.717) is 33.1 Å². The zero-order chi connectivity index (χ0) is 17.7. The molecule has 0 atom stereocenters. The Balaban J connectivity index is 2.03. The second-order valence-electron chi connectivity index (χ2n) is 5.07. The van der Waals surface area contributed by atoms with Crippen molar-refractivity contribution < 1.29 is 19.2 Å². The van der Waals surface area contributed by atoms with Crippen LogP contribution >= 0.6 is 11.6 Å². The molecule has 0 aliphatic rings. The number of nitrogens with one attached hydrogen (secondary N) is 1. The van der Waals surface area contributed by atoms with Crippen LogP contribution in [0, 0.1) is 13.8 Å². The molecular formula is C17H17ClN2O4. The molecule has 1 N–H and O–H groups in total. The number of benzene rings is 1. The average Bonchev–Trinajstić information content (AvgIpc) is 2.87. The van der Waals surface area contributed by atoms with E-state index in [1.807, 2.05) is 6.07 Å². The molecule has 0 saturated heterocycles. The van der Waals surface area contributed by atoms with Gasteiger partial charge >= 0.3 is 5.97 Å². The van der Waals surface area contributed by atoms with Gasteiger partial charge in [-0.25, -0.2) is 4.79 Å². The van der Waals surface area contributed by atoms with Crippen LogP contribution in [0.5, 0.6) is 0 Å². The summed E-state index contributed by atoms with van der Waals surface area (Å²) in [5.74, 6) is -0.806. The van der Waals surface area contributed by atoms with Crippen molar-refractivity contribution in [3.05, 3.63) is 57.4 Å². The number of aromatic nitrogens is 1. The summed E-state index contributed by atoms with van der Waals surface area (Å²) < 4.78 is 4.71. The predicted octanol–water partition coefficient (Wildman–Crippen LogP) is 3.30. The van der Waals surface area contributed by atoms with Gasteiger partial charge in [0.1, 0.15) is 0 Å². The number of hydrogen-bond donors (Lipinski definition) is 1. The lowest BCUT2D eigenvalue weighted by atomic mass is 10.1. The van der Waals surface area contributed by atoms with Crippen LogP contribution in [0.15, 0.2) is 29.4 Å². The molecule has 0 amide bonds. The monoisotopic (exact) mass is 348 g/mol. The van der Waals surface area contributed by atoms with Crippen molar-refractivity contribution in [1.82, 2.24) is 4.98 Å². The van der Waals surface area contributed by atoms with Crippen LogP contribution in [0.4, 0.5) is 0 Å². The predicted molar refractivity (Wildman–Crippen MR) is 90.9 cm³/mol. The van der Waals surface area contributed by atoms with E-state index in [0.717, 1.165) is 0 Å². The molecule has 2 aromatic rings. The fraction of sp³-hybridized carbons (Fsp3) is 0.235. The standard InChI is InChI=1S/C17H17ClN2O4/c1-10-15(17(22)23-3)11(2)20-16(10)14(21)9-24-19-8-12-6-4-5-7-13(12)18/h4-8,20H,9H2,1-3H3/b19-8+. The summed E-state index contributed by atoms with van der Waals surface area (Å²) in [7, 11) is 1.29. The number of oxime groups is 1. The number of nitrogens with zero attached hydrogens (tertiary/aromatic N) is 1. The molecule has 0 unspecified atom stereocenters. The highest BCUT2D eigenvalue weighted by molar-refractivity contribution is 6.33. The second-order valence-corrected chi connectivity index (χ2v) is 5.48. The average molecular weight is 349 g/mol. The number of halogens is 1. The van der Waals surface area contributed by atoms with Crippen molar-refractivity contribution in [3.8, 4) is 0 Å². The van der Waals surface area contributed by atoms with Crippen LogP contribution in [0.25, 0.3) is 0 Å². The Kier molecular flexibility index (Phi) is 5.76. The lowest BCUT2D eigenvalue weighted by molar-refractivity contribution is 0.0599. The van der Waals surface area contributed by atoms with Crippen LogP contribution in [-0.2, 0) is 9.57 Å². The number of esters is 1. The molecule has 24 heavy (non-hydrogen) atoms. The molecule has 1 heterocycles. The number of Topliss-reactive ketones (excluding diaryl/α,β-unsaturated/α-hetero) is 1. The van der Waals surface area contributed by atoms with Gasteiger partial charge in [-0.15, -0.1) is 0 Å². The van der Waals surface area contributed by atoms with Crippen molar-refractivity contribution in [3.63, 3.8) is 0 Å². The van der Waals surface area contributed by atoms with Gasteiger partial charge in [-0.3, -0.25) is 4.79 Å². The van der Waals surface area contributed by atoms with Gasteiger partial charge in [-0.2, -0.15) is 0 Å². The molecule has 1 aromatic heterocycles. The van der Waals surface area contributed by atoms with Gasteiger partial charge in [0.05, 0.1) is 24.6 Å². The Hall–Kier alpha value is -2.60. The highest BCUT2D eigenvalue weighted by atomic mass is 35.5. The zero-order valence-corrected chi connectivity index (χ0v) is 14.3. The number of ether oxygens (including phenoxy) is 1. The number of aromatic amines is 1. The van der Waals surface area contributed by atoms with Crippen molar-refractivity contribution in [2.45, 2.75) is 13.8 Å². The third-order valence-corrected chi connectivity index (χ3v) is 3.82. The summed E-state index contributed by atoms with van der Waals surface area (Å²) in [6.45, 7) is 3.12. The first-order valence-electron chi connectivity index (χ1n) is 7.16. The molecule has 0 fully saturated rings. The summed E-state index contributed by atoms with van der Waals surface area (Å²) in [5, 5.41) is 4.28. The second kappa shape index (κ2) is 7.79. The van der Waals surface area contributed by atoms with E-state index in [4.69, 9.17) is 21.2 Å². The van der Waals surface area contributed by atoms with Gasteiger partial charge in [0.25, 0.3) is 0 Å². The number of ketones is 1. The summed E-state index contributed by atoms with van der Waals surface area (Å²) >= 11 is 5.98. The van der Waals surface area contributed by atoms with E-state index in [9.17, 15) is 9.59 Å². The fourth-order valence-corrected chi connectivity index (χ4v) is 2.46. The number of aryl methyl sites for hydroxylation is 1. The zero-order valence-electron chi connectivity index (χ0n) is 13.6. The first-order valence-corrected chi connectivity index (χ1v) is 7.54. The third-order valence-electron chi connectivity index (χ3n) is 3.47. The van der Waals surface area contributed by atoms with E-state index < -0.39 is 5.97 Å². The number of carbonyl (C=O) groups excluding carboxylic acids is 2. The minimum Gasteiger partial charge on any atom is -0.465 e. The fourth-order valence-electron chi connectivity index (χ4n) is 2.28. The van der Waals surface area contributed by atoms with Crippen LogP contribution in [0.3, 0.4) is 0 Å². The van der Waals surface area contributed by atoms with Gasteiger partial charge in [-0.1, -0.05) is 35.0 Å². The molecular weight excluding hydrogens is 332 g/mol. The minimum atomic E-state index is -0.488. The van der Waals surface area contributed by atoms with Gasteiger partial charge in [-0.05, 0) is 25.5 Å². The Morgan fingerprint density at radius 2 is 2.00 bits per heavy atom. The van der Waals surface area contributed by atoms with E-state index in [-0.39, 0.29) is 12.4 Å². The summed E-state index contributed by atoms with van der Waals surface area (Å²) in [4.78, 5) is 31.8. The Morgan fingerprint density at radius 1 is 1.29 bits per heavy atom. The summed E-state index contributed by atoms with van der Waals surface area (Å²) in [5.41, 5.74) is 2.46. The quantitative estimate of drug-likeness (QED) is 0.376. The first-order chi connectivity index (χ1) is 11.5. The van der Waals surface area contributed by atoms with Crippen molar-refractivity contribution in [2.75, 3.05) is 13.7 Å². The van der Waals surface area contributed by atoms with Gasteiger partial charge in [0.2, 0.25) is 5.78 Å². The van der Waals surface area contributed by atoms with E-state index in [2.05, 4.69) is 10.1 Å². The summed E-state index contributed by atoms with van der Waals surface area (Å²) in [6.07, 6.45) is 1.43. The highest BCUT2D eigenvalue weighted by Crippen LogP contribution is 2.19. The molecule has 7 heteroatoms. The van der Waals surface area contributed by atoms with Crippen LogP contribution in [0.2, 0.25) is 5.02 Å². The summed E-state index contributed by atoms with van der Waals surface area (Å²) in [6, 6.07) is 7.13. The third kappa shape index (κ3) is 3.83. The molecule has 1 aromatic carbocycles. The van der Waals surface area contributed by atoms with E-state index in [1.54, 1.807) is 32.0 Å². The SMILES string of the molecule is COC(=O)c1c(C)[nH]c(C(=O)CO/N=C/c2ccccc2Cl)c1C. The maximum Gasteiger partial charge on any atom is 0.339 e. The van der Waals surface area contributed by atoms with Crippen LogP contribution < -0.4 is 0 Å². The molecule has 2 rings (SSSR count). The van der Waals surface area contributed by atoms with Crippen LogP contribution in [0.1, 0.15) is 37.7 Å². The minimum absolute atomic E-state index is 0.262. The maximum atomic E-state index is 12.2. The van der Waals surface area contributed by atoms with Crippen molar-refractivity contribution in [1.29, 1.82) is 0 Å². The number of carbonyl (C=O) groups is 2. The Labute approximate surface area is 144 Å². The molecule has 0 radical (unpaired) electrons. The lowest BCUT2D eigenvalue weighted by Gasteiger charge is -2.01. The molecule has 0 spiro atoms. The van der Waals surface area contributed by atoms with Gasteiger partial charge < -0.3 is 14.6 Å². The molecule has 0 saturated carbocycles. The van der Waals surface area contributed by atoms with Crippen LogP contribution in [-0.4, -0.2) is 36.7 Å². The topological polar surface area (TPSA) is 80.8 Å². The number of rotatable bonds is 6. The van der Waals surface area contributed by atoms with Gasteiger partial charge in [0, 0.05) is 16.3 Å². The Morgan fingerprint density at radius 3 is 2.67 bits per heavy atom. The highest BCUT2D eigenvalue weighted by Gasteiger charge is 2.22. The molecule has 0 aliphatic heterocycles. The normalized spacial score (nSPS) is 10.8. The number of methoxy groups -OCH3 is 1. The Bertz CT molecular complexity index is 796. The maximum absolute atomic E-state index is 12.2. The van der Waals surface area contributed by atoms with E-state index in [1.165, 1.54) is 13.3 Å². The molecule has 0 bridgehead atoms. The van der Waals surface area contributed by atoms with Crippen molar-refractivity contribution >= 4 is 29.6 Å². The van der Waals surface area contributed by atoms with Crippen molar-refractivity contribution in [2.24, 2.45) is 5.16 Å². The first kappa shape index (κ1) is 17.7. The molecule has 0 aliphatic carbocycles. The smallest absolute Gasteiger partial charge is 0.339 e. The van der Waals surface area contributed by atoms with Gasteiger partial charge in [0.15, 0.2) is 6.61 Å². The van der Waals surface area contributed by atoms with E-state index >= 15 is 0 Å². The molecule has 126 valence electrons. The number of hydrogen-bond acceptors (Lipinski definition) is 5. The molecule has 6 nitrogen and oxygen atoms in total. The lowest BCUT2D eigenvalue weighted by Crippen LogP contribution is -2.10. The largest absolute Gasteiger partial charge is 0.465 e. The number of H-pyrrole nitrogens is 1.